The Balaban J connectivity index is 1.20. The highest BCUT2D eigenvalue weighted by Gasteiger charge is 2.35. The number of pyridine rings is 1. The fourth-order valence-electron chi connectivity index (χ4n) is 7.42. The van der Waals surface area contributed by atoms with Crippen molar-refractivity contribution in [3.63, 3.8) is 0 Å². The lowest BCUT2D eigenvalue weighted by atomic mass is 9.81. The second-order valence-corrected chi connectivity index (χ2v) is 13.9. The second kappa shape index (κ2) is 12.9. The molecule has 5 nitrogen and oxygen atoms in total. The second-order valence-electron chi connectivity index (χ2n) is 13.9. The Labute approximate surface area is 309 Å². The third kappa shape index (κ3) is 5.87. The molecule has 1 aliphatic carbocycles. The minimum Gasteiger partial charge on any atom is -0.264 e. The van der Waals surface area contributed by atoms with E-state index in [4.69, 9.17) is 15.0 Å². The maximum Gasteiger partial charge on any atom is 0.164 e. The van der Waals surface area contributed by atoms with Gasteiger partial charge < -0.3 is 0 Å². The molecule has 0 radical (unpaired) electrons. The van der Waals surface area contributed by atoms with Gasteiger partial charge in [-0.05, 0) is 92.5 Å². The van der Waals surface area contributed by atoms with Crippen LogP contribution in [-0.2, 0) is 5.41 Å². The molecule has 53 heavy (non-hydrogen) atoms. The molecule has 0 bridgehead atoms. The normalized spacial score (nSPS) is 12.5. The molecule has 0 saturated heterocycles. The van der Waals surface area contributed by atoms with Gasteiger partial charge in [-0.3, -0.25) is 4.98 Å². The monoisotopic (exact) mass is 679 g/mol. The lowest BCUT2D eigenvalue weighted by Gasteiger charge is -2.22. The molecule has 1 aliphatic rings. The minimum absolute atomic E-state index is 0.220. The van der Waals surface area contributed by atoms with Crippen molar-refractivity contribution in [3.05, 3.63) is 181 Å². The smallest absolute Gasteiger partial charge is 0.164 e. The number of benzene rings is 6. The Morgan fingerprint density at radius 2 is 0.981 bits per heavy atom. The van der Waals surface area contributed by atoms with Gasteiger partial charge in [0.2, 0.25) is 0 Å². The highest BCUT2D eigenvalue weighted by atomic mass is 15.0. The van der Waals surface area contributed by atoms with Gasteiger partial charge in [0.15, 0.2) is 17.5 Å². The Morgan fingerprint density at radius 3 is 1.64 bits per heavy atom. The first-order chi connectivity index (χ1) is 25.9. The zero-order valence-corrected chi connectivity index (χ0v) is 29.3. The Morgan fingerprint density at radius 1 is 0.434 bits per heavy atom. The molecule has 0 unspecified atom stereocenters. The fourth-order valence-corrected chi connectivity index (χ4v) is 7.42. The lowest BCUT2D eigenvalue weighted by Crippen LogP contribution is -2.15. The van der Waals surface area contributed by atoms with Gasteiger partial charge in [-0.2, -0.15) is 5.26 Å². The van der Waals surface area contributed by atoms with E-state index in [1.54, 1.807) is 6.20 Å². The largest absolute Gasteiger partial charge is 0.264 e. The van der Waals surface area contributed by atoms with Crippen LogP contribution in [0.4, 0.5) is 0 Å². The molecule has 9 rings (SSSR count). The molecule has 0 spiro atoms. The molecular formula is C48H33N5. The summed E-state index contributed by atoms with van der Waals surface area (Å²) in [6.45, 7) is 4.52. The van der Waals surface area contributed by atoms with Crippen molar-refractivity contribution in [2.75, 3.05) is 0 Å². The molecule has 8 aromatic rings. The predicted molar refractivity (Wildman–Crippen MR) is 213 cm³/mol. The standard InChI is InChI=1S/C48H33N5/c1-48(2)43-22-15-31(29-49)24-42(43)41-21-20-36(28-44(41)48)38-25-39(37-14-9-23-50-30-37)27-40(26-38)47-52-45(34-12-7-4-8-13-34)51-46(53-47)35-18-16-33(17-19-35)32-10-5-3-6-11-32/h3-28,30H,1-2H3. The van der Waals surface area contributed by atoms with E-state index < -0.39 is 0 Å². The van der Waals surface area contributed by atoms with Gasteiger partial charge in [-0.25, -0.2) is 15.0 Å². The van der Waals surface area contributed by atoms with Crippen LogP contribution in [0.3, 0.4) is 0 Å². The van der Waals surface area contributed by atoms with E-state index in [1.165, 1.54) is 16.7 Å². The molecule has 0 saturated carbocycles. The Kier molecular flexibility index (Phi) is 7.79. The van der Waals surface area contributed by atoms with Gasteiger partial charge >= 0.3 is 0 Å². The van der Waals surface area contributed by atoms with Crippen LogP contribution in [0.5, 0.6) is 0 Å². The summed E-state index contributed by atoms with van der Waals surface area (Å²) >= 11 is 0. The van der Waals surface area contributed by atoms with Crippen molar-refractivity contribution < 1.29 is 0 Å². The van der Waals surface area contributed by atoms with E-state index in [-0.39, 0.29) is 5.41 Å². The summed E-state index contributed by atoms with van der Waals surface area (Å²) in [5, 5.41) is 9.63. The van der Waals surface area contributed by atoms with Gasteiger partial charge in [-0.15, -0.1) is 0 Å². The molecule has 250 valence electrons. The van der Waals surface area contributed by atoms with Crippen LogP contribution >= 0.6 is 0 Å². The van der Waals surface area contributed by atoms with Crippen molar-refractivity contribution in [3.8, 4) is 84.7 Å². The Hall–Kier alpha value is -7.03. The average Bonchev–Trinajstić information content (AvgIpc) is 3.46. The molecule has 2 heterocycles. The van der Waals surface area contributed by atoms with Crippen LogP contribution in [0.1, 0.15) is 30.5 Å². The maximum atomic E-state index is 9.63. The highest BCUT2D eigenvalue weighted by Crippen LogP contribution is 2.50. The average molecular weight is 680 g/mol. The molecule has 5 heteroatoms. The summed E-state index contributed by atoms with van der Waals surface area (Å²) in [5.74, 6) is 1.81. The number of fused-ring (bicyclic) bond motifs is 3. The number of rotatable bonds is 6. The molecule has 0 amide bonds. The van der Waals surface area contributed by atoms with Crippen LogP contribution in [0.15, 0.2) is 164 Å². The van der Waals surface area contributed by atoms with Gasteiger partial charge in [0, 0.05) is 40.1 Å². The number of nitriles is 1. The quantitative estimate of drug-likeness (QED) is 0.175. The van der Waals surface area contributed by atoms with Crippen molar-refractivity contribution in [2.45, 2.75) is 19.3 Å². The third-order valence-electron chi connectivity index (χ3n) is 10.2. The zero-order chi connectivity index (χ0) is 35.9. The van der Waals surface area contributed by atoms with E-state index in [9.17, 15) is 5.26 Å². The van der Waals surface area contributed by atoms with Crippen LogP contribution < -0.4 is 0 Å². The molecule has 0 aliphatic heterocycles. The molecule has 2 aromatic heterocycles. The molecule has 0 N–H and O–H groups in total. The van der Waals surface area contributed by atoms with Crippen LogP contribution in [0, 0.1) is 11.3 Å². The SMILES string of the molecule is CC1(C)c2ccc(C#N)cc2-c2ccc(-c3cc(-c4cccnc4)cc(-c4nc(-c5ccccc5)nc(-c5ccc(-c6ccccc6)cc5)n4)c3)cc21. The summed E-state index contributed by atoms with van der Waals surface area (Å²) in [6.07, 6.45) is 3.68. The lowest BCUT2D eigenvalue weighted by molar-refractivity contribution is 0.660. The van der Waals surface area contributed by atoms with Crippen molar-refractivity contribution >= 4 is 0 Å². The molecular weight excluding hydrogens is 647 g/mol. The summed E-state index contributed by atoms with van der Waals surface area (Å²) in [6, 6.07) is 54.4. The Bertz CT molecular complexity index is 2680. The van der Waals surface area contributed by atoms with Crippen molar-refractivity contribution in [1.82, 2.24) is 19.9 Å². The summed E-state index contributed by atoms with van der Waals surface area (Å²) in [7, 11) is 0. The summed E-state index contributed by atoms with van der Waals surface area (Å²) < 4.78 is 0. The summed E-state index contributed by atoms with van der Waals surface area (Å²) in [4.78, 5) is 19.7. The fraction of sp³-hybridized carbons (Fsp3) is 0.0625. The number of hydrogen-bond acceptors (Lipinski definition) is 5. The maximum absolute atomic E-state index is 9.63. The van der Waals surface area contributed by atoms with E-state index in [0.717, 1.165) is 55.6 Å². The van der Waals surface area contributed by atoms with Crippen LogP contribution in [-0.4, -0.2) is 19.9 Å². The number of aromatic nitrogens is 4. The molecule has 0 fully saturated rings. The highest BCUT2D eigenvalue weighted by molar-refractivity contribution is 5.86. The van der Waals surface area contributed by atoms with E-state index in [0.29, 0.717) is 23.0 Å². The van der Waals surface area contributed by atoms with E-state index >= 15 is 0 Å². The van der Waals surface area contributed by atoms with Gasteiger partial charge in [0.1, 0.15) is 0 Å². The first kappa shape index (κ1) is 31.9. The van der Waals surface area contributed by atoms with Gasteiger partial charge in [0.05, 0.1) is 11.6 Å². The number of nitrogens with zero attached hydrogens (tertiary/aromatic N) is 5. The zero-order valence-electron chi connectivity index (χ0n) is 29.3. The topological polar surface area (TPSA) is 75.3 Å². The van der Waals surface area contributed by atoms with E-state index in [1.807, 2.05) is 60.8 Å². The minimum atomic E-state index is -0.220. The van der Waals surface area contributed by atoms with E-state index in [2.05, 4.69) is 122 Å². The predicted octanol–water partition coefficient (Wildman–Crippen LogP) is 11.4. The third-order valence-corrected chi connectivity index (χ3v) is 10.2. The van der Waals surface area contributed by atoms with Crippen molar-refractivity contribution in [1.29, 1.82) is 5.26 Å². The van der Waals surface area contributed by atoms with Crippen LogP contribution in [0.2, 0.25) is 0 Å². The molecule has 0 atom stereocenters. The molecule has 6 aromatic carbocycles. The first-order valence-corrected chi connectivity index (χ1v) is 17.7. The van der Waals surface area contributed by atoms with Gasteiger partial charge in [-0.1, -0.05) is 123 Å². The first-order valence-electron chi connectivity index (χ1n) is 17.7. The van der Waals surface area contributed by atoms with Gasteiger partial charge in [0.25, 0.3) is 0 Å². The summed E-state index contributed by atoms with van der Waals surface area (Å²) in [5.41, 5.74) is 14.4. The number of hydrogen-bond donors (Lipinski definition) is 0. The van der Waals surface area contributed by atoms with Crippen LogP contribution in [0.25, 0.3) is 78.7 Å². The van der Waals surface area contributed by atoms with Crippen molar-refractivity contribution in [2.24, 2.45) is 0 Å².